The molecule has 1 aliphatic carbocycles. The van der Waals surface area contributed by atoms with E-state index >= 15 is 0 Å². The van der Waals surface area contributed by atoms with Crippen molar-refractivity contribution in [3.05, 3.63) is 101 Å². The maximum Gasteiger partial charge on any atom is 0.328 e. The van der Waals surface area contributed by atoms with Crippen LogP contribution in [0.4, 0.5) is 4.39 Å². The van der Waals surface area contributed by atoms with Gasteiger partial charge in [-0.25, -0.2) is 4.79 Å². The van der Waals surface area contributed by atoms with Gasteiger partial charge in [-0.15, -0.1) is 5.10 Å². The van der Waals surface area contributed by atoms with Gasteiger partial charge in [0.2, 0.25) is 5.95 Å². The number of carboxylic acids is 1. The first-order chi connectivity index (χ1) is 16.5. The van der Waals surface area contributed by atoms with Gasteiger partial charge in [0, 0.05) is 18.5 Å². The summed E-state index contributed by atoms with van der Waals surface area (Å²) in [6.45, 7) is 2.03. The van der Waals surface area contributed by atoms with Crippen molar-refractivity contribution in [2.75, 3.05) is 0 Å². The molecule has 5 nitrogen and oxygen atoms in total. The van der Waals surface area contributed by atoms with Gasteiger partial charge >= 0.3 is 5.97 Å². The number of fused-ring (bicyclic) bond motifs is 1. The fraction of sp³-hybridized carbons (Fsp3) is 0.179. The summed E-state index contributed by atoms with van der Waals surface area (Å²) in [6, 6.07) is 15.7. The van der Waals surface area contributed by atoms with Crippen molar-refractivity contribution in [3.63, 3.8) is 0 Å². The number of H-pyrrole nitrogens is 1. The molecule has 0 saturated heterocycles. The van der Waals surface area contributed by atoms with E-state index in [0.717, 1.165) is 52.3 Å². The Morgan fingerprint density at radius 1 is 1.06 bits per heavy atom. The van der Waals surface area contributed by atoms with Crippen LogP contribution in [-0.4, -0.2) is 26.3 Å². The lowest BCUT2D eigenvalue weighted by Gasteiger charge is -2.31. The number of hydrogen-bond donors (Lipinski definition) is 2. The van der Waals surface area contributed by atoms with Crippen LogP contribution >= 0.6 is 0 Å². The molecule has 2 heterocycles. The molecule has 0 aliphatic heterocycles. The average Bonchev–Trinajstić information content (AvgIpc) is 3.17. The lowest BCUT2D eigenvalue weighted by molar-refractivity contribution is -0.131. The fourth-order valence-corrected chi connectivity index (χ4v) is 4.53. The van der Waals surface area contributed by atoms with E-state index in [-0.39, 0.29) is 0 Å². The highest BCUT2D eigenvalue weighted by molar-refractivity contribution is 6.01. The van der Waals surface area contributed by atoms with Crippen LogP contribution in [0.15, 0.2) is 67.0 Å². The molecular weight excluding hydrogens is 429 g/mol. The number of aromatic nitrogens is 3. The summed E-state index contributed by atoms with van der Waals surface area (Å²) in [5.41, 5.74) is 7.74. The van der Waals surface area contributed by atoms with Gasteiger partial charge in [-0.2, -0.15) is 4.39 Å². The molecule has 170 valence electrons. The SMILES string of the molecule is Cc1cncc(/C(=C(\c2ccc(/C=C/C(=O)O)cc2)c2ccc3[nH]nc(F)c3c2)C2CCC2)c1. The third kappa shape index (κ3) is 4.27. The van der Waals surface area contributed by atoms with E-state index in [0.29, 0.717) is 16.8 Å². The van der Waals surface area contributed by atoms with E-state index in [1.165, 1.54) is 12.0 Å². The van der Waals surface area contributed by atoms with Crippen molar-refractivity contribution in [1.29, 1.82) is 0 Å². The topological polar surface area (TPSA) is 78.9 Å². The van der Waals surface area contributed by atoms with Gasteiger partial charge < -0.3 is 5.11 Å². The van der Waals surface area contributed by atoms with E-state index in [9.17, 15) is 9.18 Å². The van der Waals surface area contributed by atoms with Crippen molar-refractivity contribution >= 4 is 34.1 Å². The fourth-order valence-electron chi connectivity index (χ4n) is 4.53. The number of rotatable bonds is 6. The molecule has 0 spiro atoms. The number of aliphatic carboxylic acids is 1. The molecule has 1 aliphatic rings. The summed E-state index contributed by atoms with van der Waals surface area (Å²) in [6.07, 6.45) is 9.80. The summed E-state index contributed by atoms with van der Waals surface area (Å²) in [5, 5.41) is 15.8. The highest BCUT2D eigenvalue weighted by atomic mass is 19.1. The molecular formula is C28H24FN3O2. The molecule has 34 heavy (non-hydrogen) atoms. The lowest BCUT2D eigenvalue weighted by atomic mass is 9.73. The second-order valence-electron chi connectivity index (χ2n) is 8.74. The number of allylic oxidation sites excluding steroid dienone is 1. The zero-order chi connectivity index (χ0) is 23.7. The van der Waals surface area contributed by atoms with Crippen LogP contribution in [-0.2, 0) is 4.79 Å². The number of nitrogens with one attached hydrogen (secondary N) is 1. The van der Waals surface area contributed by atoms with Crippen LogP contribution in [0.3, 0.4) is 0 Å². The third-order valence-corrected chi connectivity index (χ3v) is 6.39. The van der Waals surface area contributed by atoms with Gasteiger partial charge in [-0.3, -0.25) is 10.1 Å². The van der Waals surface area contributed by atoms with E-state index in [1.54, 1.807) is 6.08 Å². The van der Waals surface area contributed by atoms with E-state index < -0.39 is 11.9 Å². The zero-order valence-corrected chi connectivity index (χ0v) is 18.8. The Balaban J connectivity index is 1.74. The van der Waals surface area contributed by atoms with Crippen molar-refractivity contribution in [2.24, 2.45) is 5.92 Å². The Labute approximate surface area is 196 Å². The van der Waals surface area contributed by atoms with Gasteiger partial charge in [0.1, 0.15) is 0 Å². The quantitative estimate of drug-likeness (QED) is 0.338. The summed E-state index contributed by atoms with van der Waals surface area (Å²) in [7, 11) is 0. The molecule has 2 N–H and O–H groups in total. The molecule has 0 atom stereocenters. The van der Waals surface area contributed by atoms with Crippen LogP contribution in [0.25, 0.3) is 28.1 Å². The Bertz CT molecular complexity index is 1430. The minimum atomic E-state index is -0.987. The van der Waals surface area contributed by atoms with Gasteiger partial charge in [-0.1, -0.05) is 36.8 Å². The van der Waals surface area contributed by atoms with Gasteiger partial charge in [0.25, 0.3) is 0 Å². The molecule has 6 heteroatoms. The van der Waals surface area contributed by atoms with Gasteiger partial charge in [0.15, 0.2) is 0 Å². The smallest absolute Gasteiger partial charge is 0.328 e. The van der Waals surface area contributed by atoms with Crippen LogP contribution in [0.1, 0.15) is 47.1 Å². The highest BCUT2D eigenvalue weighted by Crippen LogP contribution is 2.45. The molecule has 2 aromatic carbocycles. The number of benzene rings is 2. The third-order valence-electron chi connectivity index (χ3n) is 6.39. The number of halogens is 1. The first kappa shape index (κ1) is 21.8. The number of pyridine rings is 1. The Morgan fingerprint density at radius 3 is 2.50 bits per heavy atom. The van der Waals surface area contributed by atoms with Gasteiger partial charge in [-0.05, 0) is 88.9 Å². The Hall–Kier alpha value is -4.06. The number of nitrogens with zero attached hydrogens (tertiary/aromatic N) is 2. The predicted molar refractivity (Wildman–Crippen MR) is 131 cm³/mol. The minimum absolute atomic E-state index is 0.384. The van der Waals surface area contributed by atoms with Crippen molar-refractivity contribution in [1.82, 2.24) is 15.2 Å². The standard InChI is InChI=1S/C28H24FN3O2/c1-17-13-22(16-30-15-17)27(19-3-2-4-19)26(20-8-5-18(6-9-20)7-12-25(33)34)21-10-11-24-23(14-21)28(29)32-31-24/h5-16,19H,2-4H2,1H3,(H,31,32)(H,33,34)/b12-7+,27-26+. The largest absolute Gasteiger partial charge is 0.478 e. The van der Waals surface area contributed by atoms with Crippen molar-refractivity contribution < 1.29 is 14.3 Å². The summed E-state index contributed by atoms with van der Waals surface area (Å²) in [5.74, 6) is -1.12. The molecule has 2 aromatic heterocycles. The normalized spacial score (nSPS) is 14.9. The number of carbonyl (C=O) groups is 1. The highest BCUT2D eigenvalue weighted by Gasteiger charge is 2.27. The molecule has 4 aromatic rings. The molecule has 0 amide bonds. The Morgan fingerprint density at radius 2 is 1.82 bits per heavy atom. The predicted octanol–water partition coefficient (Wildman–Crippen LogP) is 6.26. The number of aromatic amines is 1. The number of carboxylic acid groups (broad SMARTS) is 1. The first-order valence-electron chi connectivity index (χ1n) is 11.3. The summed E-state index contributed by atoms with van der Waals surface area (Å²) < 4.78 is 14.4. The second kappa shape index (κ2) is 9.06. The van der Waals surface area contributed by atoms with Crippen molar-refractivity contribution in [3.8, 4) is 0 Å². The summed E-state index contributed by atoms with van der Waals surface area (Å²) >= 11 is 0. The molecule has 5 rings (SSSR count). The molecule has 0 unspecified atom stereocenters. The van der Waals surface area contributed by atoms with Crippen LogP contribution in [0.2, 0.25) is 0 Å². The van der Waals surface area contributed by atoms with Crippen LogP contribution in [0.5, 0.6) is 0 Å². The molecule has 1 saturated carbocycles. The molecule has 0 bridgehead atoms. The summed E-state index contributed by atoms with van der Waals surface area (Å²) in [4.78, 5) is 15.3. The maximum absolute atomic E-state index is 14.4. The minimum Gasteiger partial charge on any atom is -0.478 e. The van der Waals surface area contributed by atoms with E-state index in [2.05, 4.69) is 21.2 Å². The van der Waals surface area contributed by atoms with Crippen LogP contribution < -0.4 is 0 Å². The molecule has 0 radical (unpaired) electrons. The Kier molecular flexibility index (Phi) is 5.80. The van der Waals surface area contributed by atoms with E-state index in [1.807, 2.05) is 61.8 Å². The average molecular weight is 454 g/mol. The van der Waals surface area contributed by atoms with Crippen LogP contribution in [0, 0.1) is 18.8 Å². The maximum atomic E-state index is 14.4. The first-order valence-corrected chi connectivity index (χ1v) is 11.3. The number of aryl methyl sites for hydroxylation is 1. The van der Waals surface area contributed by atoms with Crippen molar-refractivity contribution in [2.45, 2.75) is 26.2 Å². The zero-order valence-electron chi connectivity index (χ0n) is 18.8. The number of hydrogen-bond acceptors (Lipinski definition) is 3. The lowest BCUT2D eigenvalue weighted by Crippen LogP contribution is -2.15. The van der Waals surface area contributed by atoms with E-state index in [4.69, 9.17) is 5.11 Å². The molecule has 1 fully saturated rings. The second-order valence-corrected chi connectivity index (χ2v) is 8.74. The van der Waals surface area contributed by atoms with Gasteiger partial charge in [0.05, 0.1) is 10.9 Å². The monoisotopic (exact) mass is 453 g/mol.